The molecule has 3 N–H and O–H groups in total. The van der Waals surface area contributed by atoms with Crippen LogP contribution in [0.2, 0.25) is 0 Å². The molecular weight excluding hydrogens is 272 g/mol. The van der Waals surface area contributed by atoms with Crippen molar-refractivity contribution in [2.75, 3.05) is 14.1 Å². The van der Waals surface area contributed by atoms with E-state index in [0.29, 0.717) is 12.5 Å². The van der Waals surface area contributed by atoms with Crippen molar-refractivity contribution in [2.45, 2.75) is 37.8 Å². The second-order valence-corrected chi connectivity index (χ2v) is 5.85. The fourth-order valence-electron chi connectivity index (χ4n) is 2.88. The summed E-state index contributed by atoms with van der Waals surface area (Å²) in [7, 11) is 3.75. The largest absolute Gasteiger partial charge is 0.492 e. The van der Waals surface area contributed by atoms with Crippen molar-refractivity contribution >= 4 is 0 Å². The van der Waals surface area contributed by atoms with Crippen LogP contribution in [0, 0.1) is 5.92 Å². The van der Waals surface area contributed by atoms with E-state index in [9.17, 15) is 0 Å². The molecule has 1 aliphatic rings. The highest BCUT2D eigenvalue weighted by Crippen LogP contribution is 2.41. The van der Waals surface area contributed by atoms with Gasteiger partial charge in [0.1, 0.15) is 12.4 Å². The molecular formula is C19H30N2O. The van der Waals surface area contributed by atoms with E-state index in [2.05, 4.69) is 18.5 Å². The van der Waals surface area contributed by atoms with Crippen LogP contribution in [0.1, 0.15) is 31.2 Å². The first-order valence-corrected chi connectivity index (χ1v) is 7.92. The zero-order valence-corrected chi connectivity index (χ0v) is 14.0. The minimum Gasteiger partial charge on any atom is -0.492 e. The van der Waals surface area contributed by atoms with E-state index in [1.54, 1.807) is 0 Å². The molecule has 2 rings (SSSR count). The Morgan fingerprint density at radius 3 is 2.64 bits per heavy atom. The van der Waals surface area contributed by atoms with Crippen LogP contribution < -0.4 is 11.1 Å². The Morgan fingerprint density at radius 2 is 2.05 bits per heavy atom. The molecule has 22 heavy (non-hydrogen) atoms. The van der Waals surface area contributed by atoms with Gasteiger partial charge in [-0.05, 0) is 44.8 Å². The van der Waals surface area contributed by atoms with Crippen LogP contribution >= 0.6 is 0 Å². The lowest BCUT2D eigenvalue weighted by molar-refractivity contribution is 0.135. The van der Waals surface area contributed by atoms with Crippen LogP contribution in [-0.2, 0) is 11.3 Å². The third kappa shape index (κ3) is 5.00. The van der Waals surface area contributed by atoms with Gasteiger partial charge < -0.3 is 15.8 Å². The van der Waals surface area contributed by atoms with Crippen LogP contribution in [0.4, 0.5) is 0 Å². The standard InChI is InChI=1S/C17H23NO.C2H7N/c1-3-8-16-11-7-12-17(16,18)14(2)19-13-15-9-5-4-6-10-15;1-3-2/h3-6,9-10,16H,1-2,7-8,11-13,18H2;3H,1-2H3. The van der Waals surface area contributed by atoms with Crippen molar-refractivity contribution in [1.29, 1.82) is 0 Å². The fourth-order valence-corrected chi connectivity index (χ4v) is 2.88. The maximum atomic E-state index is 6.52. The molecule has 0 radical (unpaired) electrons. The molecule has 0 amide bonds. The van der Waals surface area contributed by atoms with Gasteiger partial charge in [-0.1, -0.05) is 49.4 Å². The van der Waals surface area contributed by atoms with Gasteiger partial charge in [-0.3, -0.25) is 0 Å². The van der Waals surface area contributed by atoms with Gasteiger partial charge in [0.2, 0.25) is 0 Å². The van der Waals surface area contributed by atoms with E-state index in [0.717, 1.165) is 37.0 Å². The minimum atomic E-state index is -0.386. The van der Waals surface area contributed by atoms with Gasteiger partial charge >= 0.3 is 0 Å². The van der Waals surface area contributed by atoms with E-state index in [1.165, 1.54) is 0 Å². The molecule has 0 aliphatic heterocycles. The number of rotatable bonds is 6. The Balaban J connectivity index is 0.000000745. The van der Waals surface area contributed by atoms with E-state index in [-0.39, 0.29) is 5.54 Å². The molecule has 0 heterocycles. The quantitative estimate of drug-likeness (QED) is 0.623. The van der Waals surface area contributed by atoms with Crippen LogP contribution in [0.3, 0.4) is 0 Å². The third-order valence-electron chi connectivity index (χ3n) is 4.10. The summed E-state index contributed by atoms with van der Waals surface area (Å²) in [6, 6.07) is 10.1. The Kier molecular flexibility index (Phi) is 7.92. The SMILES string of the molecule is C=CCC1CCCC1(N)C(=C)OCc1ccccc1.CNC. The third-order valence-corrected chi connectivity index (χ3v) is 4.10. The summed E-state index contributed by atoms with van der Waals surface area (Å²) in [5, 5.41) is 2.75. The maximum absolute atomic E-state index is 6.52. The lowest BCUT2D eigenvalue weighted by Gasteiger charge is -2.32. The zero-order chi connectivity index (χ0) is 16.4. The highest BCUT2D eigenvalue weighted by molar-refractivity contribution is 5.18. The Morgan fingerprint density at radius 1 is 1.41 bits per heavy atom. The van der Waals surface area contributed by atoms with Gasteiger partial charge in [-0.15, -0.1) is 6.58 Å². The Hall–Kier alpha value is -1.58. The summed E-state index contributed by atoms with van der Waals surface area (Å²) in [6.45, 7) is 8.43. The van der Waals surface area contributed by atoms with Crippen molar-refractivity contribution in [3.63, 3.8) is 0 Å². The molecule has 1 saturated carbocycles. The first kappa shape index (κ1) is 18.5. The van der Waals surface area contributed by atoms with Gasteiger partial charge in [0.25, 0.3) is 0 Å². The molecule has 122 valence electrons. The monoisotopic (exact) mass is 302 g/mol. The summed E-state index contributed by atoms with van der Waals surface area (Å²) < 4.78 is 5.84. The van der Waals surface area contributed by atoms with Gasteiger partial charge in [-0.25, -0.2) is 0 Å². The van der Waals surface area contributed by atoms with E-state index < -0.39 is 0 Å². The number of hydrogen-bond acceptors (Lipinski definition) is 3. The predicted octanol–water partition coefficient (Wildman–Crippen LogP) is 3.63. The van der Waals surface area contributed by atoms with Crippen LogP contribution in [0.15, 0.2) is 55.3 Å². The molecule has 3 nitrogen and oxygen atoms in total. The summed E-state index contributed by atoms with van der Waals surface area (Å²) >= 11 is 0. The van der Waals surface area contributed by atoms with Crippen molar-refractivity contribution in [3.05, 3.63) is 60.9 Å². The molecule has 1 aromatic carbocycles. The van der Waals surface area contributed by atoms with E-state index in [4.69, 9.17) is 10.5 Å². The average molecular weight is 302 g/mol. The molecule has 1 fully saturated rings. The van der Waals surface area contributed by atoms with Gasteiger partial charge in [0, 0.05) is 0 Å². The number of hydrogen-bond donors (Lipinski definition) is 2. The minimum absolute atomic E-state index is 0.386. The lowest BCUT2D eigenvalue weighted by atomic mass is 9.84. The van der Waals surface area contributed by atoms with Crippen molar-refractivity contribution in [3.8, 4) is 0 Å². The number of nitrogens with two attached hydrogens (primary N) is 1. The highest BCUT2D eigenvalue weighted by Gasteiger charge is 2.42. The smallest absolute Gasteiger partial charge is 0.113 e. The molecule has 2 atom stereocenters. The van der Waals surface area contributed by atoms with Crippen LogP contribution in [0.5, 0.6) is 0 Å². The average Bonchev–Trinajstić information content (AvgIpc) is 2.90. The van der Waals surface area contributed by atoms with Gasteiger partial charge in [0.15, 0.2) is 0 Å². The topological polar surface area (TPSA) is 47.3 Å². The van der Waals surface area contributed by atoms with Gasteiger partial charge in [0.05, 0.1) is 5.54 Å². The van der Waals surface area contributed by atoms with Crippen LogP contribution in [-0.4, -0.2) is 19.6 Å². The predicted molar refractivity (Wildman–Crippen MR) is 94.4 cm³/mol. The number of ether oxygens (including phenoxy) is 1. The summed E-state index contributed by atoms with van der Waals surface area (Å²) in [6.07, 6.45) is 6.12. The molecule has 0 saturated heterocycles. The second-order valence-electron chi connectivity index (χ2n) is 5.85. The molecule has 0 aromatic heterocycles. The second kappa shape index (κ2) is 9.44. The number of nitrogens with one attached hydrogen (secondary N) is 1. The number of allylic oxidation sites excluding steroid dienone is 1. The summed E-state index contributed by atoms with van der Waals surface area (Å²) in [5.41, 5.74) is 7.28. The Bertz CT molecular complexity index is 458. The van der Waals surface area contributed by atoms with E-state index in [1.807, 2.05) is 50.5 Å². The first-order valence-electron chi connectivity index (χ1n) is 7.92. The molecule has 1 aromatic rings. The van der Waals surface area contributed by atoms with E-state index >= 15 is 0 Å². The van der Waals surface area contributed by atoms with Gasteiger partial charge in [-0.2, -0.15) is 0 Å². The molecule has 2 unspecified atom stereocenters. The highest BCUT2D eigenvalue weighted by atomic mass is 16.5. The van der Waals surface area contributed by atoms with Crippen LogP contribution in [0.25, 0.3) is 0 Å². The summed E-state index contributed by atoms with van der Waals surface area (Å²) in [5.74, 6) is 1.13. The fraction of sp³-hybridized carbons (Fsp3) is 0.474. The first-order chi connectivity index (χ1) is 10.6. The van der Waals surface area contributed by atoms with Crippen molar-refractivity contribution in [2.24, 2.45) is 11.7 Å². The van der Waals surface area contributed by atoms with Crippen molar-refractivity contribution < 1.29 is 4.74 Å². The van der Waals surface area contributed by atoms with Crippen molar-refractivity contribution in [1.82, 2.24) is 5.32 Å². The normalized spacial score (nSPS) is 23.3. The Labute approximate surface area is 135 Å². The molecule has 3 heteroatoms. The molecule has 0 bridgehead atoms. The lowest BCUT2D eigenvalue weighted by Crippen LogP contribution is -2.45. The zero-order valence-electron chi connectivity index (χ0n) is 14.0. The summed E-state index contributed by atoms with van der Waals surface area (Å²) in [4.78, 5) is 0. The maximum Gasteiger partial charge on any atom is 0.113 e. The number of benzene rings is 1. The molecule has 1 aliphatic carbocycles. The molecule has 0 spiro atoms.